The van der Waals surface area contributed by atoms with E-state index >= 15 is 0 Å². The molecule has 96 valence electrons. The van der Waals surface area contributed by atoms with Gasteiger partial charge < -0.3 is 10.3 Å². The molecule has 1 saturated heterocycles. The quantitative estimate of drug-likeness (QED) is 0.799. The molecule has 0 spiro atoms. The summed E-state index contributed by atoms with van der Waals surface area (Å²) in [5.41, 5.74) is 2.13. The third-order valence-electron chi connectivity index (χ3n) is 3.64. The molecule has 0 bridgehead atoms. The summed E-state index contributed by atoms with van der Waals surface area (Å²) in [5.74, 6) is 0.855. The summed E-state index contributed by atoms with van der Waals surface area (Å²) in [6.07, 6.45) is 2.20. The highest BCUT2D eigenvalue weighted by molar-refractivity contribution is 5.98. The number of piperidine rings is 1. The highest BCUT2D eigenvalue weighted by Gasteiger charge is 2.21. The first kappa shape index (κ1) is 12.8. The number of hydrogen-bond acceptors (Lipinski definition) is 2. The summed E-state index contributed by atoms with van der Waals surface area (Å²) in [4.78, 5) is 14.2. The van der Waals surface area contributed by atoms with Gasteiger partial charge in [0, 0.05) is 24.4 Å². The number of carbonyl (C=O) groups excluding carboxylic acids is 1. The molecule has 1 N–H and O–H groups in total. The van der Waals surface area contributed by atoms with Gasteiger partial charge in [0.25, 0.3) is 5.91 Å². The minimum atomic E-state index is 0.121. The van der Waals surface area contributed by atoms with Crippen LogP contribution in [0.25, 0.3) is 0 Å². The fourth-order valence-corrected chi connectivity index (χ4v) is 2.26. The molecule has 0 radical (unpaired) electrons. The van der Waals surface area contributed by atoms with Crippen LogP contribution < -0.4 is 0 Å². The van der Waals surface area contributed by atoms with Crippen LogP contribution in [-0.4, -0.2) is 29.6 Å². The first-order chi connectivity index (χ1) is 8.58. The predicted molar refractivity (Wildman–Crippen MR) is 73.2 cm³/mol. The van der Waals surface area contributed by atoms with Crippen LogP contribution in [0.5, 0.6) is 0 Å². The van der Waals surface area contributed by atoms with Crippen molar-refractivity contribution in [2.24, 2.45) is 5.92 Å². The normalized spacial score (nSPS) is 16.7. The van der Waals surface area contributed by atoms with Gasteiger partial charge in [0.05, 0.1) is 0 Å². The SMILES string of the molecule is CC(=N)c1ccc(C(=O)N2CCC(C)CC2)cc1. The summed E-state index contributed by atoms with van der Waals surface area (Å²) in [6, 6.07) is 7.35. The first-order valence-electron chi connectivity index (χ1n) is 6.53. The lowest BCUT2D eigenvalue weighted by atomic mass is 9.98. The van der Waals surface area contributed by atoms with E-state index in [1.54, 1.807) is 6.92 Å². The molecular formula is C15H20N2O. The van der Waals surface area contributed by atoms with E-state index in [1.807, 2.05) is 29.2 Å². The number of benzene rings is 1. The molecular weight excluding hydrogens is 224 g/mol. The second-order valence-electron chi connectivity index (χ2n) is 5.18. The topological polar surface area (TPSA) is 44.2 Å². The van der Waals surface area contributed by atoms with Crippen molar-refractivity contribution in [1.82, 2.24) is 4.90 Å². The number of rotatable bonds is 2. The van der Waals surface area contributed by atoms with Gasteiger partial charge in [-0.25, -0.2) is 0 Å². The third kappa shape index (κ3) is 2.78. The Kier molecular flexibility index (Phi) is 3.80. The lowest BCUT2D eigenvalue weighted by molar-refractivity contribution is 0.0697. The Hall–Kier alpha value is -1.64. The van der Waals surface area contributed by atoms with Crippen molar-refractivity contribution in [3.05, 3.63) is 35.4 Å². The van der Waals surface area contributed by atoms with Crippen molar-refractivity contribution < 1.29 is 4.79 Å². The van der Waals surface area contributed by atoms with Gasteiger partial charge in [-0.3, -0.25) is 4.79 Å². The van der Waals surface area contributed by atoms with Crippen LogP contribution >= 0.6 is 0 Å². The monoisotopic (exact) mass is 244 g/mol. The lowest BCUT2D eigenvalue weighted by Gasteiger charge is -2.30. The van der Waals surface area contributed by atoms with E-state index in [4.69, 9.17) is 5.41 Å². The van der Waals surface area contributed by atoms with Gasteiger partial charge in [0.1, 0.15) is 0 Å². The third-order valence-corrected chi connectivity index (χ3v) is 3.64. The van der Waals surface area contributed by atoms with E-state index in [2.05, 4.69) is 6.92 Å². The maximum atomic E-state index is 12.3. The maximum Gasteiger partial charge on any atom is 0.253 e. The second-order valence-corrected chi connectivity index (χ2v) is 5.18. The molecule has 2 rings (SSSR count). The Balaban J connectivity index is 2.07. The van der Waals surface area contributed by atoms with Crippen LogP contribution in [0.1, 0.15) is 42.6 Å². The molecule has 0 saturated carbocycles. The summed E-state index contributed by atoms with van der Waals surface area (Å²) in [5, 5.41) is 7.54. The molecule has 0 aliphatic carbocycles. The lowest BCUT2D eigenvalue weighted by Crippen LogP contribution is -2.37. The summed E-state index contributed by atoms with van der Waals surface area (Å²) in [6.45, 7) is 5.73. The molecule has 3 nitrogen and oxygen atoms in total. The summed E-state index contributed by atoms with van der Waals surface area (Å²) in [7, 11) is 0. The van der Waals surface area contributed by atoms with Crippen molar-refractivity contribution in [3.63, 3.8) is 0 Å². The second kappa shape index (κ2) is 5.34. The van der Waals surface area contributed by atoms with Gasteiger partial charge in [-0.1, -0.05) is 19.1 Å². The minimum absolute atomic E-state index is 0.121. The summed E-state index contributed by atoms with van der Waals surface area (Å²) >= 11 is 0. The smallest absolute Gasteiger partial charge is 0.253 e. The Bertz CT molecular complexity index is 442. The molecule has 18 heavy (non-hydrogen) atoms. The van der Waals surface area contributed by atoms with E-state index < -0.39 is 0 Å². The standard InChI is InChI=1S/C15H20N2O/c1-11-7-9-17(10-8-11)15(18)14-5-3-13(4-6-14)12(2)16/h3-6,11,16H,7-10H2,1-2H3. The first-order valence-corrected chi connectivity index (χ1v) is 6.53. The molecule has 1 amide bonds. The number of nitrogens with zero attached hydrogens (tertiary/aromatic N) is 1. The zero-order chi connectivity index (χ0) is 13.1. The van der Waals surface area contributed by atoms with Crippen LogP contribution in [0.2, 0.25) is 0 Å². The molecule has 1 aliphatic heterocycles. The zero-order valence-corrected chi connectivity index (χ0v) is 11.1. The van der Waals surface area contributed by atoms with Crippen molar-refractivity contribution in [1.29, 1.82) is 5.41 Å². The molecule has 3 heteroatoms. The van der Waals surface area contributed by atoms with Crippen molar-refractivity contribution in [3.8, 4) is 0 Å². The van der Waals surface area contributed by atoms with E-state index in [-0.39, 0.29) is 5.91 Å². The van der Waals surface area contributed by atoms with Crippen molar-refractivity contribution >= 4 is 11.6 Å². The van der Waals surface area contributed by atoms with Gasteiger partial charge >= 0.3 is 0 Å². The van der Waals surface area contributed by atoms with E-state index in [1.165, 1.54) is 0 Å². The average molecular weight is 244 g/mol. The highest BCUT2D eigenvalue weighted by Crippen LogP contribution is 2.18. The van der Waals surface area contributed by atoms with E-state index in [9.17, 15) is 4.79 Å². The number of hydrogen-bond donors (Lipinski definition) is 1. The zero-order valence-electron chi connectivity index (χ0n) is 11.1. The van der Waals surface area contributed by atoms with E-state index in [0.29, 0.717) is 5.71 Å². The van der Waals surface area contributed by atoms with Crippen molar-refractivity contribution in [2.45, 2.75) is 26.7 Å². The van der Waals surface area contributed by atoms with Crippen molar-refractivity contribution in [2.75, 3.05) is 13.1 Å². The minimum Gasteiger partial charge on any atom is -0.339 e. The number of nitrogens with one attached hydrogen (secondary N) is 1. The number of likely N-dealkylation sites (tertiary alicyclic amines) is 1. The highest BCUT2D eigenvalue weighted by atomic mass is 16.2. The van der Waals surface area contributed by atoms with Gasteiger partial charge in [0.15, 0.2) is 0 Å². The molecule has 1 aliphatic rings. The molecule has 0 unspecified atom stereocenters. The fraction of sp³-hybridized carbons (Fsp3) is 0.467. The predicted octanol–water partition coefficient (Wildman–Crippen LogP) is 2.95. The van der Waals surface area contributed by atoms with Crippen LogP contribution in [-0.2, 0) is 0 Å². The number of carbonyl (C=O) groups is 1. The van der Waals surface area contributed by atoms with Gasteiger partial charge in [-0.15, -0.1) is 0 Å². The van der Waals surface area contributed by atoms with Crippen LogP contribution in [0.4, 0.5) is 0 Å². The Morgan fingerprint density at radius 1 is 1.17 bits per heavy atom. The largest absolute Gasteiger partial charge is 0.339 e. The maximum absolute atomic E-state index is 12.3. The molecule has 1 aromatic rings. The Morgan fingerprint density at radius 2 is 1.67 bits per heavy atom. The van der Waals surface area contributed by atoms with Crippen LogP contribution in [0, 0.1) is 11.3 Å². The Labute approximate surface area is 108 Å². The fourth-order valence-electron chi connectivity index (χ4n) is 2.26. The van der Waals surface area contributed by atoms with Gasteiger partial charge in [-0.2, -0.15) is 0 Å². The molecule has 1 fully saturated rings. The van der Waals surface area contributed by atoms with Crippen LogP contribution in [0.15, 0.2) is 24.3 Å². The molecule has 1 heterocycles. The number of amides is 1. The van der Waals surface area contributed by atoms with Gasteiger partial charge in [0.2, 0.25) is 0 Å². The molecule has 1 aromatic carbocycles. The average Bonchev–Trinajstić information content (AvgIpc) is 2.39. The Morgan fingerprint density at radius 3 is 2.17 bits per heavy atom. The van der Waals surface area contributed by atoms with E-state index in [0.717, 1.165) is 43.0 Å². The summed E-state index contributed by atoms with van der Waals surface area (Å²) < 4.78 is 0. The van der Waals surface area contributed by atoms with Gasteiger partial charge in [-0.05, 0) is 43.4 Å². The molecule has 0 aromatic heterocycles. The van der Waals surface area contributed by atoms with Crippen LogP contribution in [0.3, 0.4) is 0 Å². The molecule has 0 atom stereocenters.